The van der Waals surface area contributed by atoms with Gasteiger partial charge in [0.2, 0.25) is 0 Å². The van der Waals surface area contributed by atoms with E-state index in [0.29, 0.717) is 49.3 Å². The maximum atomic E-state index is 13.9. The van der Waals surface area contributed by atoms with E-state index in [1.165, 1.54) is 10.2 Å². The molecule has 0 spiro atoms. The summed E-state index contributed by atoms with van der Waals surface area (Å²) in [6.45, 7) is 8.61. The SMILES string of the molecule is COc1cc(C)c(-c2nc3ccccc3c(=O)n2N=Cc2cc(OC)c(OCc3ccc(C)cc3)c(Br)c2Br)cc1C(C)C. The van der Waals surface area contributed by atoms with Crippen molar-refractivity contribution in [2.75, 3.05) is 14.2 Å². The fraction of sp³-hybridized carbons (Fsp3) is 0.229. The molecule has 1 aromatic heterocycles. The van der Waals surface area contributed by atoms with Crippen LogP contribution in [0.5, 0.6) is 17.2 Å². The number of aryl methyl sites for hydroxylation is 2. The summed E-state index contributed by atoms with van der Waals surface area (Å²) >= 11 is 7.36. The lowest BCUT2D eigenvalue weighted by molar-refractivity contribution is 0.282. The molecule has 0 fully saturated rings. The molecule has 0 saturated heterocycles. The fourth-order valence-corrected chi connectivity index (χ4v) is 5.85. The Labute approximate surface area is 273 Å². The molecular weight excluding hydrogens is 686 g/mol. The molecule has 5 rings (SSSR count). The topological polar surface area (TPSA) is 74.9 Å². The number of hydrogen-bond donors (Lipinski definition) is 0. The molecule has 0 atom stereocenters. The summed E-state index contributed by atoms with van der Waals surface area (Å²) in [5.41, 5.74) is 5.96. The summed E-state index contributed by atoms with van der Waals surface area (Å²) < 4.78 is 20.3. The summed E-state index contributed by atoms with van der Waals surface area (Å²) in [5.74, 6) is 2.50. The molecular formula is C35H33Br2N3O4. The van der Waals surface area contributed by atoms with Crippen LogP contribution in [0.25, 0.3) is 22.3 Å². The molecule has 0 unspecified atom stereocenters. The number of benzene rings is 4. The average molecular weight is 719 g/mol. The van der Waals surface area contributed by atoms with Gasteiger partial charge in [0.05, 0.1) is 35.8 Å². The number of nitrogens with zero attached hydrogens (tertiary/aromatic N) is 3. The molecule has 44 heavy (non-hydrogen) atoms. The summed E-state index contributed by atoms with van der Waals surface area (Å²) in [5, 5.41) is 5.18. The first-order valence-corrected chi connectivity index (χ1v) is 15.7. The van der Waals surface area contributed by atoms with E-state index in [-0.39, 0.29) is 11.5 Å². The first-order chi connectivity index (χ1) is 21.1. The lowest BCUT2D eigenvalue weighted by Gasteiger charge is -2.18. The smallest absolute Gasteiger partial charge is 0.282 e. The van der Waals surface area contributed by atoms with Gasteiger partial charge in [-0.2, -0.15) is 9.78 Å². The summed E-state index contributed by atoms with van der Waals surface area (Å²) in [6, 6.07) is 21.3. The van der Waals surface area contributed by atoms with Gasteiger partial charge in [-0.3, -0.25) is 4.79 Å². The van der Waals surface area contributed by atoms with Crippen LogP contribution in [0.15, 0.2) is 85.6 Å². The number of halogens is 2. The van der Waals surface area contributed by atoms with E-state index in [1.54, 1.807) is 26.5 Å². The van der Waals surface area contributed by atoms with Gasteiger partial charge in [0.1, 0.15) is 12.4 Å². The van der Waals surface area contributed by atoms with Crippen molar-refractivity contribution >= 4 is 49.0 Å². The normalized spacial score (nSPS) is 11.5. The molecule has 1 heterocycles. The van der Waals surface area contributed by atoms with Crippen molar-refractivity contribution in [2.45, 2.75) is 40.2 Å². The number of ether oxygens (including phenoxy) is 3. The second-order valence-electron chi connectivity index (χ2n) is 10.8. The molecule has 226 valence electrons. The van der Waals surface area contributed by atoms with Crippen LogP contribution in [-0.2, 0) is 6.61 Å². The maximum Gasteiger partial charge on any atom is 0.282 e. The van der Waals surface area contributed by atoms with Gasteiger partial charge >= 0.3 is 0 Å². The van der Waals surface area contributed by atoms with Crippen LogP contribution in [0, 0.1) is 13.8 Å². The highest BCUT2D eigenvalue weighted by Crippen LogP contribution is 2.43. The second-order valence-corrected chi connectivity index (χ2v) is 12.4. The number of hydrogen-bond acceptors (Lipinski definition) is 6. The summed E-state index contributed by atoms with van der Waals surface area (Å²) in [6.07, 6.45) is 1.62. The predicted octanol–water partition coefficient (Wildman–Crippen LogP) is 8.81. The molecule has 4 aromatic carbocycles. The van der Waals surface area contributed by atoms with Crippen LogP contribution < -0.4 is 19.8 Å². The van der Waals surface area contributed by atoms with Gasteiger partial charge in [-0.1, -0.05) is 55.8 Å². The van der Waals surface area contributed by atoms with Gasteiger partial charge in [0.15, 0.2) is 17.3 Å². The number of methoxy groups -OCH3 is 2. The quantitative estimate of drug-likeness (QED) is 0.143. The number of rotatable bonds is 9. The molecule has 7 nitrogen and oxygen atoms in total. The Morgan fingerprint density at radius 1 is 0.932 bits per heavy atom. The van der Waals surface area contributed by atoms with E-state index in [0.717, 1.165) is 28.0 Å². The zero-order valence-electron chi connectivity index (χ0n) is 25.4. The lowest BCUT2D eigenvalue weighted by atomic mass is 9.96. The second kappa shape index (κ2) is 13.4. The monoisotopic (exact) mass is 717 g/mol. The third kappa shape index (κ3) is 6.30. The van der Waals surface area contributed by atoms with Crippen LogP contribution in [0.2, 0.25) is 0 Å². The Morgan fingerprint density at radius 3 is 2.32 bits per heavy atom. The van der Waals surface area contributed by atoms with E-state index < -0.39 is 0 Å². The molecule has 0 N–H and O–H groups in total. The zero-order chi connectivity index (χ0) is 31.5. The van der Waals surface area contributed by atoms with Gasteiger partial charge in [-0.15, -0.1) is 0 Å². The Kier molecular flexibility index (Phi) is 9.56. The van der Waals surface area contributed by atoms with Gasteiger partial charge in [-0.05, 0) is 98.6 Å². The minimum absolute atomic E-state index is 0.195. The highest BCUT2D eigenvalue weighted by molar-refractivity contribution is 9.13. The first-order valence-electron chi connectivity index (χ1n) is 14.1. The van der Waals surface area contributed by atoms with Crippen LogP contribution in [0.4, 0.5) is 0 Å². The minimum atomic E-state index is -0.275. The van der Waals surface area contributed by atoms with Crippen molar-refractivity contribution in [1.82, 2.24) is 9.66 Å². The minimum Gasteiger partial charge on any atom is -0.496 e. The predicted molar refractivity (Wildman–Crippen MR) is 184 cm³/mol. The van der Waals surface area contributed by atoms with Crippen LogP contribution >= 0.6 is 31.9 Å². The lowest BCUT2D eigenvalue weighted by Crippen LogP contribution is -2.21. The first kappa shape index (κ1) is 31.5. The van der Waals surface area contributed by atoms with E-state index in [1.807, 2.05) is 62.4 Å². The molecule has 0 amide bonds. The molecule has 0 aliphatic carbocycles. The largest absolute Gasteiger partial charge is 0.496 e. The molecule has 0 aliphatic rings. The molecule has 9 heteroatoms. The van der Waals surface area contributed by atoms with Crippen LogP contribution in [0.1, 0.15) is 47.6 Å². The molecule has 0 aliphatic heterocycles. The zero-order valence-corrected chi connectivity index (χ0v) is 28.6. The van der Waals surface area contributed by atoms with Gasteiger partial charge in [0.25, 0.3) is 5.56 Å². The average Bonchev–Trinajstić information content (AvgIpc) is 3.02. The van der Waals surface area contributed by atoms with Crippen molar-refractivity contribution in [1.29, 1.82) is 0 Å². The van der Waals surface area contributed by atoms with Gasteiger partial charge in [0, 0.05) is 15.6 Å². The Hall–Kier alpha value is -3.95. The number of para-hydroxylation sites is 1. The van der Waals surface area contributed by atoms with E-state index in [2.05, 4.69) is 57.8 Å². The van der Waals surface area contributed by atoms with Crippen molar-refractivity contribution in [3.8, 4) is 28.6 Å². The summed E-state index contributed by atoms with van der Waals surface area (Å²) in [4.78, 5) is 18.8. The number of fused-ring (bicyclic) bond motifs is 1. The Morgan fingerprint density at radius 2 is 1.64 bits per heavy atom. The maximum absolute atomic E-state index is 13.9. The highest BCUT2D eigenvalue weighted by atomic mass is 79.9. The Balaban J connectivity index is 1.62. The third-order valence-electron chi connectivity index (χ3n) is 7.39. The highest BCUT2D eigenvalue weighted by Gasteiger charge is 2.20. The van der Waals surface area contributed by atoms with E-state index in [9.17, 15) is 4.79 Å². The van der Waals surface area contributed by atoms with Crippen molar-refractivity contribution in [2.24, 2.45) is 5.10 Å². The van der Waals surface area contributed by atoms with Crippen LogP contribution in [0.3, 0.4) is 0 Å². The number of aromatic nitrogens is 2. The summed E-state index contributed by atoms with van der Waals surface area (Å²) in [7, 11) is 3.25. The van der Waals surface area contributed by atoms with Gasteiger partial charge < -0.3 is 14.2 Å². The van der Waals surface area contributed by atoms with Crippen LogP contribution in [-0.4, -0.2) is 30.1 Å². The van der Waals surface area contributed by atoms with Crippen molar-refractivity contribution in [3.63, 3.8) is 0 Å². The standard InChI is InChI=1S/C35H33Br2N3O4/c1-20(2)26-17-27(22(4)15-29(26)42-5)34-39-28-10-8-7-9-25(28)35(41)40(34)38-18-24-16-30(43-6)33(32(37)31(24)36)44-19-23-13-11-21(3)12-14-23/h7-18,20H,19H2,1-6H3. The molecule has 0 radical (unpaired) electrons. The molecule has 0 bridgehead atoms. The van der Waals surface area contributed by atoms with Gasteiger partial charge in [-0.25, -0.2) is 4.98 Å². The molecule has 5 aromatic rings. The van der Waals surface area contributed by atoms with E-state index >= 15 is 0 Å². The van der Waals surface area contributed by atoms with Crippen molar-refractivity contribution in [3.05, 3.63) is 114 Å². The third-order valence-corrected chi connectivity index (χ3v) is 9.53. The van der Waals surface area contributed by atoms with Crippen molar-refractivity contribution < 1.29 is 14.2 Å². The Bertz CT molecular complexity index is 1930. The fourth-order valence-electron chi connectivity index (χ4n) is 4.92. The molecule has 0 saturated carbocycles. The van der Waals surface area contributed by atoms with E-state index in [4.69, 9.17) is 24.3 Å².